The third-order valence-corrected chi connectivity index (χ3v) is 12.1. The number of hydrogen-bond acceptors (Lipinski definition) is 5. The fraction of sp³-hybridized carbons (Fsp3) is 0.677. The van der Waals surface area contributed by atoms with Gasteiger partial charge in [0.25, 0.3) is 0 Å². The van der Waals surface area contributed by atoms with Gasteiger partial charge < -0.3 is 14.9 Å². The number of fused-ring (bicyclic) bond motifs is 7. The highest BCUT2D eigenvalue weighted by Crippen LogP contribution is 2.76. The molecule has 0 aromatic carbocycles. The van der Waals surface area contributed by atoms with Gasteiger partial charge in [0, 0.05) is 11.0 Å². The molecule has 0 aliphatic heterocycles. The van der Waals surface area contributed by atoms with Crippen molar-refractivity contribution in [2.45, 2.75) is 92.6 Å². The van der Waals surface area contributed by atoms with Gasteiger partial charge in [-0.25, -0.2) is 0 Å². The Hall–Kier alpha value is -2.14. The number of aliphatic hydroxyl groups excluding tert-OH is 1. The average Bonchev–Trinajstić information content (AvgIpc) is 2.80. The first kappa shape index (κ1) is 25.5. The Morgan fingerprint density at radius 3 is 2.28 bits per heavy atom. The summed E-state index contributed by atoms with van der Waals surface area (Å²) in [6.07, 6.45) is 10.7. The van der Waals surface area contributed by atoms with Crippen molar-refractivity contribution in [2.24, 2.45) is 33.0 Å². The summed E-state index contributed by atoms with van der Waals surface area (Å²) in [4.78, 5) is 25.7. The van der Waals surface area contributed by atoms with Gasteiger partial charge >= 0.3 is 5.97 Å². The highest BCUT2D eigenvalue weighted by molar-refractivity contribution is 6.06. The van der Waals surface area contributed by atoms with Gasteiger partial charge in [-0.2, -0.15) is 0 Å². The smallest absolute Gasteiger partial charge is 0.311 e. The normalized spacial score (nSPS) is 48.0. The lowest BCUT2D eigenvalue weighted by molar-refractivity contribution is -0.244. The summed E-state index contributed by atoms with van der Waals surface area (Å²) < 4.78 is 5.25. The Labute approximate surface area is 215 Å². The van der Waals surface area contributed by atoms with E-state index in [9.17, 15) is 19.8 Å². The predicted molar refractivity (Wildman–Crippen MR) is 139 cm³/mol. The first-order valence-corrected chi connectivity index (χ1v) is 13.4. The molecular formula is C31H42O5. The molecule has 2 N–H and O–H groups in total. The first-order chi connectivity index (χ1) is 16.5. The van der Waals surface area contributed by atoms with Crippen LogP contribution < -0.4 is 0 Å². The number of ketones is 1. The van der Waals surface area contributed by atoms with Crippen molar-refractivity contribution in [1.82, 2.24) is 0 Å². The Balaban J connectivity index is 1.67. The number of allylic oxidation sites excluding steroid dienone is 7. The monoisotopic (exact) mass is 494 g/mol. The molecule has 5 aliphatic carbocycles. The fourth-order valence-electron chi connectivity index (χ4n) is 9.46. The summed E-state index contributed by atoms with van der Waals surface area (Å²) in [5, 5.41) is 22.2. The summed E-state index contributed by atoms with van der Waals surface area (Å²) in [6, 6.07) is 0. The number of ether oxygens (including phenoxy) is 1. The number of carbonyl (C=O) groups excluding carboxylic acids is 2. The maximum Gasteiger partial charge on any atom is 0.311 e. The van der Waals surface area contributed by atoms with Gasteiger partial charge in [0.2, 0.25) is 5.78 Å². The van der Waals surface area contributed by atoms with Crippen LogP contribution in [-0.2, 0) is 14.3 Å². The van der Waals surface area contributed by atoms with Gasteiger partial charge in [-0.15, -0.1) is 0 Å². The molecule has 3 fully saturated rings. The van der Waals surface area contributed by atoms with Crippen molar-refractivity contribution < 1.29 is 24.5 Å². The van der Waals surface area contributed by atoms with Crippen molar-refractivity contribution in [3.63, 3.8) is 0 Å². The summed E-state index contributed by atoms with van der Waals surface area (Å²) in [6.45, 7) is 15.0. The highest BCUT2D eigenvalue weighted by Gasteiger charge is 2.71. The second-order valence-electron chi connectivity index (χ2n) is 13.8. The molecule has 1 unspecified atom stereocenters. The molecule has 7 atom stereocenters. The molecule has 5 heteroatoms. The molecule has 0 radical (unpaired) electrons. The van der Waals surface area contributed by atoms with E-state index in [1.165, 1.54) is 12.7 Å². The number of aliphatic hydroxyl groups is 2. The van der Waals surface area contributed by atoms with Gasteiger partial charge in [-0.05, 0) is 98.7 Å². The molecule has 0 saturated heterocycles. The lowest BCUT2D eigenvalue weighted by Crippen LogP contribution is -2.68. The maximum absolute atomic E-state index is 13.0. The van der Waals surface area contributed by atoms with Gasteiger partial charge in [0.1, 0.15) is 0 Å². The SMILES string of the molecule is COC(=O)[C@@]1(C)C[C@H]2[C@]3(C)CC[C@@]4(C)C5=CC(=O)C(O)=C(C)C5=CC=C4C3(C)CC[C@@]2(C)[C@](C)(O)C1. The van der Waals surface area contributed by atoms with Crippen molar-refractivity contribution >= 4 is 11.8 Å². The van der Waals surface area contributed by atoms with Crippen molar-refractivity contribution in [2.75, 3.05) is 7.11 Å². The van der Waals surface area contributed by atoms with Crippen LogP contribution in [0.5, 0.6) is 0 Å². The van der Waals surface area contributed by atoms with Crippen molar-refractivity contribution in [1.29, 1.82) is 0 Å². The third kappa shape index (κ3) is 2.81. The largest absolute Gasteiger partial charge is 0.504 e. The standard InChI is InChI=1S/C31H42O5/c1-18-19-9-10-22-27(3,20(19)15-21(32)24(18)33)11-12-29(5)23-16-26(2,25(34)36-8)17-31(7,35)30(23,6)14-13-28(22,29)4/h9-10,15,23,33,35H,11-14,16-17H2,1-8H3/t23-,26-,27-,28?,29-,30+,31+/m0/s1. The zero-order valence-electron chi connectivity index (χ0n) is 23.2. The van der Waals surface area contributed by atoms with E-state index in [1.54, 1.807) is 6.08 Å². The molecule has 5 rings (SSSR count). The van der Waals surface area contributed by atoms with Gasteiger partial charge in [-0.3, -0.25) is 9.59 Å². The van der Waals surface area contributed by atoms with E-state index in [4.69, 9.17) is 4.74 Å². The quantitative estimate of drug-likeness (QED) is 0.427. The number of carbonyl (C=O) groups is 2. The minimum atomic E-state index is -0.990. The van der Waals surface area contributed by atoms with Gasteiger partial charge in [-0.1, -0.05) is 45.4 Å². The van der Waals surface area contributed by atoms with E-state index >= 15 is 0 Å². The van der Waals surface area contributed by atoms with Crippen LogP contribution in [0.15, 0.2) is 46.3 Å². The molecule has 3 saturated carbocycles. The molecule has 0 amide bonds. The molecule has 5 nitrogen and oxygen atoms in total. The van der Waals surface area contributed by atoms with Crippen LogP contribution in [-0.4, -0.2) is 34.7 Å². The first-order valence-electron chi connectivity index (χ1n) is 13.4. The molecule has 5 aliphatic rings. The number of esters is 1. The Morgan fingerprint density at radius 2 is 1.64 bits per heavy atom. The van der Waals surface area contributed by atoms with Crippen LogP contribution in [0, 0.1) is 33.0 Å². The van der Waals surface area contributed by atoms with Crippen LogP contribution >= 0.6 is 0 Å². The number of hydrogen-bond donors (Lipinski definition) is 2. The third-order valence-electron chi connectivity index (χ3n) is 12.1. The zero-order valence-corrected chi connectivity index (χ0v) is 23.2. The summed E-state index contributed by atoms with van der Waals surface area (Å²) in [5.74, 6) is -0.579. The van der Waals surface area contributed by atoms with E-state index in [0.717, 1.165) is 36.8 Å². The summed E-state index contributed by atoms with van der Waals surface area (Å²) in [5.41, 5.74) is 1.31. The Kier molecular flexibility index (Phi) is 5.13. The van der Waals surface area contributed by atoms with Crippen LogP contribution in [0.25, 0.3) is 0 Å². The average molecular weight is 495 g/mol. The molecule has 0 aromatic rings. The highest BCUT2D eigenvalue weighted by atomic mass is 16.5. The Morgan fingerprint density at radius 1 is 1.00 bits per heavy atom. The summed E-state index contributed by atoms with van der Waals surface area (Å²) in [7, 11) is 1.44. The van der Waals surface area contributed by atoms with Crippen LogP contribution in [0.4, 0.5) is 0 Å². The van der Waals surface area contributed by atoms with Gasteiger partial charge in [0.05, 0.1) is 18.1 Å². The molecular weight excluding hydrogens is 452 g/mol. The van der Waals surface area contributed by atoms with Crippen molar-refractivity contribution in [3.05, 3.63) is 46.3 Å². The van der Waals surface area contributed by atoms with E-state index in [-0.39, 0.29) is 45.1 Å². The van der Waals surface area contributed by atoms with E-state index in [2.05, 4.69) is 39.8 Å². The zero-order chi connectivity index (χ0) is 26.7. The lowest BCUT2D eigenvalue weighted by atomic mass is 9.32. The molecule has 196 valence electrons. The second-order valence-corrected chi connectivity index (χ2v) is 13.8. The molecule has 0 aromatic heterocycles. The lowest BCUT2D eigenvalue weighted by Gasteiger charge is -2.72. The Bertz CT molecular complexity index is 1200. The number of rotatable bonds is 1. The topological polar surface area (TPSA) is 83.8 Å². The predicted octanol–water partition coefficient (Wildman–Crippen LogP) is 6.15. The van der Waals surface area contributed by atoms with Crippen LogP contribution in [0.2, 0.25) is 0 Å². The fourth-order valence-corrected chi connectivity index (χ4v) is 9.46. The maximum atomic E-state index is 13.0. The van der Waals surface area contributed by atoms with Crippen molar-refractivity contribution in [3.8, 4) is 0 Å². The number of methoxy groups -OCH3 is 1. The van der Waals surface area contributed by atoms with E-state index in [1.807, 2.05) is 20.8 Å². The molecule has 36 heavy (non-hydrogen) atoms. The van der Waals surface area contributed by atoms with Crippen LogP contribution in [0.3, 0.4) is 0 Å². The summed E-state index contributed by atoms with van der Waals surface area (Å²) >= 11 is 0. The molecule has 0 spiro atoms. The van der Waals surface area contributed by atoms with E-state index in [0.29, 0.717) is 18.4 Å². The van der Waals surface area contributed by atoms with Gasteiger partial charge in [0.15, 0.2) is 5.76 Å². The minimum absolute atomic E-state index is 0.125. The molecule has 0 heterocycles. The minimum Gasteiger partial charge on any atom is -0.504 e. The van der Waals surface area contributed by atoms with Crippen LogP contribution in [0.1, 0.15) is 87.0 Å². The molecule has 0 bridgehead atoms. The van der Waals surface area contributed by atoms with E-state index < -0.39 is 11.0 Å². The second kappa shape index (κ2) is 7.24.